The van der Waals surface area contributed by atoms with Crippen molar-refractivity contribution in [1.82, 2.24) is 19.5 Å². The standard InChI is InChI=1S/C21H22FN5O3/c1-25-5-6-26-16(10-18(29-2)21(26)28)12-30-19-3-4-27-20(24-19)17(11-23-27)13-7-14(22)9-15(25)8-13/h3-4,7-9,11,16,18H,5-6,10,12H2,1-2H3/t16-,18+/m0/s1. The number of amides is 1. The summed E-state index contributed by atoms with van der Waals surface area (Å²) in [4.78, 5) is 21.1. The van der Waals surface area contributed by atoms with Crippen LogP contribution in [0.15, 0.2) is 36.7 Å². The maximum atomic E-state index is 14.5. The molecule has 2 atom stereocenters. The van der Waals surface area contributed by atoms with Crippen LogP contribution in [0.2, 0.25) is 0 Å². The van der Waals surface area contributed by atoms with Gasteiger partial charge in [-0.05, 0) is 23.8 Å². The molecule has 0 radical (unpaired) electrons. The fourth-order valence-electron chi connectivity index (χ4n) is 4.14. The Hall–Kier alpha value is -3.20. The van der Waals surface area contributed by atoms with Gasteiger partial charge in [-0.2, -0.15) is 10.1 Å². The molecule has 3 aromatic rings. The van der Waals surface area contributed by atoms with E-state index in [-0.39, 0.29) is 17.8 Å². The van der Waals surface area contributed by atoms with Crippen LogP contribution in [-0.2, 0) is 9.53 Å². The minimum Gasteiger partial charge on any atom is -0.475 e. The number of ether oxygens (including phenoxy) is 2. The second-order valence-electron chi connectivity index (χ2n) is 7.67. The molecular weight excluding hydrogens is 389 g/mol. The van der Waals surface area contributed by atoms with Gasteiger partial charge in [-0.15, -0.1) is 0 Å². The first-order valence-corrected chi connectivity index (χ1v) is 9.86. The number of benzene rings is 1. The average molecular weight is 411 g/mol. The molecule has 0 spiro atoms. The fraction of sp³-hybridized carbons (Fsp3) is 0.381. The van der Waals surface area contributed by atoms with E-state index in [0.29, 0.717) is 43.2 Å². The number of hydrogen-bond acceptors (Lipinski definition) is 6. The highest BCUT2D eigenvalue weighted by Crippen LogP contribution is 2.30. The van der Waals surface area contributed by atoms with Crippen molar-refractivity contribution in [2.24, 2.45) is 0 Å². The van der Waals surface area contributed by atoms with Crippen molar-refractivity contribution >= 4 is 17.2 Å². The van der Waals surface area contributed by atoms with Gasteiger partial charge >= 0.3 is 0 Å². The van der Waals surface area contributed by atoms with E-state index < -0.39 is 6.10 Å². The highest BCUT2D eigenvalue weighted by atomic mass is 19.1. The maximum Gasteiger partial charge on any atom is 0.252 e. The van der Waals surface area contributed by atoms with E-state index in [4.69, 9.17) is 9.47 Å². The summed E-state index contributed by atoms with van der Waals surface area (Å²) < 4.78 is 27.4. The Labute approximate surface area is 172 Å². The third-order valence-corrected chi connectivity index (χ3v) is 5.85. The predicted molar refractivity (Wildman–Crippen MR) is 108 cm³/mol. The molecule has 30 heavy (non-hydrogen) atoms. The van der Waals surface area contributed by atoms with Gasteiger partial charge in [0.2, 0.25) is 5.88 Å². The fourth-order valence-corrected chi connectivity index (χ4v) is 4.14. The van der Waals surface area contributed by atoms with Crippen LogP contribution in [-0.4, -0.2) is 71.4 Å². The van der Waals surface area contributed by atoms with Crippen molar-refractivity contribution in [3.8, 4) is 17.0 Å². The van der Waals surface area contributed by atoms with Gasteiger partial charge in [0.25, 0.3) is 5.91 Å². The molecule has 0 N–H and O–H groups in total. The van der Waals surface area contributed by atoms with Crippen LogP contribution in [0.4, 0.5) is 10.1 Å². The molecule has 2 aromatic heterocycles. The molecular formula is C21H22FN5O3. The van der Waals surface area contributed by atoms with Gasteiger partial charge in [0, 0.05) is 57.2 Å². The summed E-state index contributed by atoms with van der Waals surface area (Å²) in [7, 11) is 3.43. The van der Waals surface area contributed by atoms with Crippen molar-refractivity contribution < 1.29 is 18.7 Å². The zero-order valence-electron chi connectivity index (χ0n) is 16.8. The van der Waals surface area contributed by atoms with Gasteiger partial charge in [-0.25, -0.2) is 8.91 Å². The molecule has 1 aromatic carbocycles. The number of hydrogen-bond donors (Lipinski definition) is 0. The molecule has 1 saturated heterocycles. The molecule has 4 bridgehead atoms. The lowest BCUT2D eigenvalue weighted by Gasteiger charge is -2.28. The quantitative estimate of drug-likeness (QED) is 0.610. The number of rotatable bonds is 1. The van der Waals surface area contributed by atoms with Gasteiger partial charge in [0.1, 0.15) is 18.5 Å². The molecule has 9 heteroatoms. The van der Waals surface area contributed by atoms with Gasteiger partial charge in [-0.1, -0.05) is 0 Å². The van der Waals surface area contributed by atoms with Crippen molar-refractivity contribution in [2.75, 3.05) is 38.8 Å². The maximum absolute atomic E-state index is 14.5. The van der Waals surface area contributed by atoms with E-state index in [2.05, 4.69) is 10.1 Å². The van der Waals surface area contributed by atoms with E-state index >= 15 is 0 Å². The summed E-state index contributed by atoms with van der Waals surface area (Å²) in [5, 5.41) is 4.33. The number of fused-ring (bicyclic) bond motifs is 5. The zero-order chi connectivity index (χ0) is 20.8. The van der Waals surface area contributed by atoms with E-state index in [1.54, 1.807) is 35.0 Å². The summed E-state index contributed by atoms with van der Waals surface area (Å²) in [6.45, 7) is 1.36. The Morgan fingerprint density at radius 1 is 1.27 bits per heavy atom. The minimum absolute atomic E-state index is 0.0481. The first-order chi connectivity index (χ1) is 14.5. The second kappa shape index (κ2) is 7.24. The number of methoxy groups -OCH3 is 1. The van der Waals surface area contributed by atoms with Gasteiger partial charge in [0.15, 0.2) is 5.65 Å². The normalized spacial score (nSPS) is 21.6. The highest BCUT2D eigenvalue weighted by molar-refractivity contribution is 5.84. The predicted octanol–water partition coefficient (Wildman–Crippen LogP) is 1.98. The van der Waals surface area contributed by atoms with Crippen molar-refractivity contribution in [2.45, 2.75) is 18.6 Å². The lowest BCUT2D eigenvalue weighted by molar-refractivity contribution is -0.136. The Bertz CT molecular complexity index is 1120. The highest BCUT2D eigenvalue weighted by Gasteiger charge is 2.40. The first kappa shape index (κ1) is 18.8. The van der Waals surface area contributed by atoms with Gasteiger partial charge in [0.05, 0.1) is 12.2 Å². The number of halogens is 1. The summed E-state index contributed by atoms with van der Waals surface area (Å²) in [5.74, 6) is 0.0408. The van der Waals surface area contributed by atoms with Crippen LogP contribution in [0, 0.1) is 5.82 Å². The second-order valence-corrected chi connectivity index (χ2v) is 7.67. The smallest absolute Gasteiger partial charge is 0.252 e. The van der Waals surface area contributed by atoms with Crippen LogP contribution >= 0.6 is 0 Å². The van der Waals surface area contributed by atoms with Crippen LogP contribution < -0.4 is 9.64 Å². The lowest BCUT2D eigenvalue weighted by Crippen LogP contribution is -2.42. The van der Waals surface area contributed by atoms with E-state index in [1.807, 2.05) is 18.0 Å². The van der Waals surface area contributed by atoms with Crippen LogP contribution in [0.1, 0.15) is 6.42 Å². The molecule has 0 saturated carbocycles. The molecule has 8 nitrogen and oxygen atoms in total. The number of likely N-dealkylation sites (N-methyl/N-ethyl adjacent to an activating group) is 1. The number of aromatic nitrogens is 3. The topological polar surface area (TPSA) is 72.2 Å². The molecule has 4 heterocycles. The summed E-state index contributed by atoms with van der Waals surface area (Å²) in [5.41, 5.74) is 2.71. The number of nitrogens with zero attached hydrogens (tertiary/aromatic N) is 5. The SMILES string of the molecule is CO[C@@H]1C[C@H]2COc3ccn4ncc(c4n3)-c3cc(F)cc(c3)N(C)CCN2C1=O. The minimum atomic E-state index is -0.475. The molecule has 156 valence electrons. The van der Waals surface area contributed by atoms with Crippen molar-refractivity contribution in [3.05, 3.63) is 42.5 Å². The van der Waals surface area contributed by atoms with Crippen molar-refractivity contribution in [3.63, 3.8) is 0 Å². The van der Waals surface area contributed by atoms with Gasteiger partial charge in [-0.3, -0.25) is 4.79 Å². The summed E-state index contributed by atoms with van der Waals surface area (Å²) in [6, 6.07) is 6.48. The van der Waals surface area contributed by atoms with Crippen molar-refractivity contribution in [1.29, 1.82) is 0 Å². The molecule has 1 fully saturated rings. The Morgan fingerprint density at radius 2 is 2.13 bits per heavy atom. The Balaban J connectivity index is 1.61. The molecule has 2 aliphatic heterocycles. The first-order valence-electron chi connectivity index (χ1n) is 9.86. The monoisotopic (exact) mass is 411 g/mol. The van der Waals surface area contributed by atoms with Crippen LogP contribution in [0.25, 0.3) is 16.8 Å². The Morgan fingerprint density at radius 3 is 2.97 bits per heavy atom. The average Bonchev–Trinajstić information content (AvgIpc) is 3.29. The van der Waals surface area contributed by atoms with Crippen LogP contribution in [0.3, 0.4) is 0 Å². The largest absolute Gasteiger partial charge is 0.475 e. The number of anilines is 1. The third-order valence-electron chi connectivity index (χ3n) is 5.85. The molecule has 1 amide bonds. The molecule has 2 aliphatic rings. The summed E-state index contributed by atoms with van der Waals surface area (Å²) >= 11 is 0. The van der Waals surface area contributed by atoms with Crippen LogP contribution in [0.5, 0.6) is 5.88 Å². The van der Waals surface area contributed by atoms with E-state index in [9.17, 15) is 9.18 Å². The van der Waals surface area contributed by atoms with E-state index in [1.165, 1.54) is 12.1 Å². The lowest BCUT2D eigenvalue weighted by atomic mass is 10.1. The zero-order valence-corrected chi connectivity index (χ0v) is 16.8. The molecule has 0 unspecified atom stereocenters. The third kappa shape index (κ3) is 3.15. The molecule has 5 rings (SSSR count). The summed E-state index contributed by atoms with van der Waals surface area (Å²) in [6.07, 6.45) is 3.52. The Kier molecular flexibility index (Phi) is 4.54. The van der Waals surface area contributed by atoms with Gasteiger partial charge < -0.3 is 19.3 Å². The molecule has 0 aliphatic carbocycles. The number of carbonyl (C=O) groups excluding carboxylic acids is 1. The van der Waals surface area contributed by atoms with E-state index in [0.717, 1.165) is 11.3 Å². The number of carbonyl (C=O) groups is 1.